The van der Waals surface area contributed by atoms with Gasteiger partial charge < -0.3 is 0 Å². The molecule has 3 rings (SSSR count). The zero-order chi connectivity index (χ0) is 13.3. The minimum atomic E-state index is 0.562. The number of rotatable bonds is 2. The van der Waals surface area contributed by atoms with E-state index in [4.69, 9.17) is 11.6 Å². The summed E-state index contributed by atoms with van der Waals surface area (Å²) in [7, 11) is 0. The maximum absolute atomic E-state index is 6.00. The van der Waals surface area contributed by atoms with Gasteiger partial charge in [-0.25, -0.2) is 9.97 Å². The van der Waals surface area contributed by atoms with Crippen LogP contribution in [0.1, 0.15) is 50.0 Å². The number of halogens is 1. The minimum Gasteiger partial charge on any atom is -0.296 e. The molecule has 1 saturated carbocycles. The quantitative estimate of drug-likeness (QED) is 0.775. The largest absolute Gasteiger partial charge is 0.296 e. The number of hydrogen-bond acceptors (Lipinski definition) is 3. The van der Waals surface area contributed by atoms with Gasteiger partial charge in [0, 0.05) is 5.69 Å². The molecule has 0 amide bonds. The van der Waals surface area contributed by atoms with Gasteiger partial charge in [0.1, 0.15) is 11.0 Å². The van der Waals surface area contributed by atoms with Crippen LogP contribution in [0.3, 0.4) is 0 Å². The van der Waals surface area contributed by atoms with Gasteiger partial charge in [0.15, 0.2) is 0 Å². The van der Waals surface area contributed by atoms with E-state index in [0.717, 1.165) is 18.1 Å². The second-order valence-corrected chi connectivity index (χ2v) is 6.62. The van der Waals surface area contributed by atoms with Crippen molar-refractivity contribution in [1.82, 2.24) is 14.9 Å². The molecule has 0 radical (unpaired) electrons. The summed E-state index contributed by atoms with van der Waals surface area (Å²) in [5, 5.41) is 0.562. The normalized spacial score (nSPS) is 23.1. The van der Waals surface area contributed by atoms with Crippen molar-refractivity contribution in [2.75, 3.05) is 13.1 Å². The second-order valence-electron chi connectivity index (χ2n) is 6.23. The predicted octanol–water partition coefficient (Wildman–Crippen LogP) is 3.59. The molecule has 1 aliphatic carbocycles. The fraction of sp³-hybridized carbons (Fsp3) is 0.733. The molecule has 0 aromatic carbocycles. The Bertz CT molecular complexity index is 424. The molecule has 1 spiro atoms. The molecule has 1 saturated heterocycles. The highest BCUT2D eigenvalue weighted by Crippen LogP contribution is 2.46. The number of piperidine rings is 1. The van der Waals surface area contributed by atoms with Crippen molar-refractivity contribution in [1.29, 1.82) is 0 Å². The van der Waals surface area contributed by atoms with E-state index in [0.29, 0.717) is 10.6 Å². The van der Waals surface area contributed by atoms with Crippen molar-refractivity contribution < 1.29 is 0 Å². The van der Waals surface area contributed by atoms with E-state index in [1.165, 1.54) is 51.6 Å². The molecule has 2 heterocycles. The van der Waals surface area contributed by atoms with Gasteiger partial charge in [-0.05, 0) is 57.2 Å². The van der Waals surface area contributed by atoms with Crippen molar-refractivity contribution in [3.8, 4) is 0 Å². The predicted molar refractivity (Wildman–Crippen MR) is 77.2 cm³/mol. The lowest BCUT2D eigenvalue weighted by Gasteiger charge is -2.39. The Kier molecular flexibility index (Phi) is 3.77. The van der Waals surface area contributed by atoms with Crippen LogP contribution in [-0.4, -0.2) is 28.0 Å². The molecule has 1 aliphatic heterocycles. The summed E-state index contributed by atoms with van der Waals surface area (Å²) in [6.45, 7) is 5.20. The van der Waals surface area contributed by atoms with Crippen LogP contribution in [0.5, 0.6) is 0 Å². The van der Waals surface area contributed by atoms with E-state index in [1.807, 2.05) is 13.0 Å². The highest BCUT2D eigenvalue weighted by molar-refractivity contribution is 6.29. The summed E-state index contributed by atoms with van der Waals surface area (Å²) >= 11 is 6.00. The zero-order valence-electron chi connectivity index (χ0n) is 11.7. The van der Waals surface area contributed by atoms with Gasteiger partial charge in [-0.3, -0.25) is 4.90 Å². The summed E-state index contributed by atoms with van der Waals surface area (Å²) in [6.07, 6.45) is 8.49. The lowest BCUT2D eigenvalue weighted by molar-refractivity contribution is 0.101. The smallest absolute Gasteiger partial charge is 0.144 e. The van der Waals surface area contributed by atoms with Crippen LogP contribution in [0.2, 0.25) is 5.15 Å². The number of aromatic nitrogens is 2. The first kappa shape index (κ1) is 13.3. The molecule has 104 valence electrons. The Hall–Kier alpha value is -0.670. The SMILES string of the molecule is Cc1cc(Cl)nc(CN2CCC3(CCCC3)CC2)n1. The lowest BCUT2D eigenvalue weighted by Crippen LogP contribution is -2.38. The van der Waals surface area contributed by atoms with Gasteiger partial charge in [-0.2, -0.15) is 0 Å². The third-order valence-corrected chi connectivity index (χ3v) is 5.01. The first-order valence-corrected chi connectivity index (χ1v) is 7.76. The maximum Gasteiger partial charge on any atom is 0.144 e. The van der Waals surface area contributed by atoms with Gasteiger partial charge in [0.25, 0.3) is 0 Å². The molecule has 0 atom stereocenters. The molecular weight excluding hydrogens is 258 g/mol. The number of aryl methyl sites for hydroxylation is 1. The summed E-state index contributed by atoms with van der Waals surface area (Å²) < 4.78 is 0. The zero-order valence-corrected chi connectivity index (χ0v) is 12.4. The molecule has 1 aromatic rings. The minimum absolute atomic E-state index is 0.562. The van der Waals surface area contributed by atoms with Crippen LogP contribution < -0.4 is 0 Å². The van der Waals surface area contributed by atoms with Crippen LogP contribution >= 0.6 is 11.6 Å². The molecule has 3 nitrogen and oxygen atoms in total. The summed E-state index contributed by atoms with van der Waals surface area (Å²) in [5.74, 6) is 0.868. The van der Waals surface area contributed by atoms with Gasteiger partial charge in [0.2, 0.25) is 0 Å². The Labute approximate surface area is 120 Å². The first-order chi connectivity index (χ1) is 9.15. The van der Waals surface area contributed by atoms with Gasteiger partial charge in [0.05, 0.1) is 6.54 Å². The summed E-state index contributed by atoms with van der Waals surface area (Å²) in [5.41, 5.74) is 1.64. The summed E-state index contributed by atoms with van der Waals surface area (Å²) in [4.78, 5) is 11.3. The fourth-order valence-electron chi connectivity index (χ4n) is 3.67. The third-order valence-electron chi connectivity index (χ3n) is 4.82. The van der Waals surface area contributed by atoms with Crippen LogP contribution in [0.25, 0.3) is 0 Å². The molecule has 1 aromatic heterocycles. The molecular formula is C15H22ClN3. The van der Waals surface area contributed by atoms with Crippen LogP contribution in [0, 0.1) is 12.3 Å². The number of likely N-dealkylation sites (tertiary alicyclic amines) is 1. The van der Waals surface area contributed by atoms with Gasteiger partial charge >= 0.3 is 0 Å². The van der Waals surface area contributed by atoms with Crippen molar-refractivity contribution in [2.45, 2.75) is 52.0 Å². The van der Waals surface area contributed by atoms with Gasteiger partial charge in [-0.1, -0.05) is 24.4 Å². The van der Waals surface area contributed by atoms with Gasteiger partial charge in [-0.15, -0.1) is 0 Å². The van der Waals surface area contributed by atoms with Crippen molar-refractivity contribution >= 4 is 11.6 Å². The van der Waals surface area contributed by atoms with E-state index < -0.39 is 0 Å². The molecule has 4 heteroatoms. The van der Waals surface area contributed by atoms with Crippen LogP contribution in [-0.2, 0) is 6.54 Å². The van der Waals surface area contributed by atoms with E-state index in [1.54, 1.807) is 0 Å². The molecule has 0 unspecified atom stereocenters. The average Bonchev–Trinajstić information content (AvgIpc) is 2.80. The average molecular weight is 280 g/mol. The Morgan fingerprint density at radius 1 is 1.16 bits per heavy atom. The van der Waals surface area contributed by atoms with Crippen LogP contribution in [0.4, 0.5) is 0 Å². The molecule has 2 fully saturated rings. The van der Waals surface area contributed by atoms with E-state index in [9.17, 15) is 0 Å². The molecule has 2 aliphatic rings. The highest BCUT2D eigenvalue weighted by atomic mass is 35.5. The highest BCUT2D eigenvalue weighted by Gasteiger charge is 2.36. The Morgan fingerprint density at radius 3 is 2.47 bits per heavy atom. The molecule has 0 N–H and O–H groups in total. The number of hydrogen-bond donors (Lipinski definition) is 0. The lowest BCUT2D eigenvalue weighted by atomic mass is 9.77. The molecule has 0 bridgehead atoms. The standard InChI is InChI=1S/C15H22ClN3/c1-12-10-13(16)18-14(17-12)11-19-8-6-15(7-9-19)4-2-3-5-15/h10H,2-9,11H2,1H3. The van der Waals surface area contributed by atoms with Crippen LogP contribution in [0.15, 0.2) is 6.07 Å². The van der Waals surface area contributed by atoms with Crippen molar-refractivity contribution in [3.63, 3.8) is 0 Å². The van der Waals surface area contributed by atoms with E-state index in [2.05, 4.69) is 14.9 Å². The van der Waals surface area contributed by atoms with Crippen molar-refractivity contribution in [2.24, 2.45) is 5.41 Å². The van der Waals surface area contributed by atoms with E-state index >= 15 is 0 Å². The third kappa shape index (κ3) is 3.09. The van der Waals surface area contributed by atoms with Crippen molar-refractivity contribution in [3.05, 3.63) is 22.7 Å². The molecule has 19 heavy (non-hydrogen) atoms. The monoisotopic (exact) mass is 279 g/mol. The fourth-order valence-corrected chi connectivity index (χ4v) is 3.93. The second kappa shape index (κ2) is 5.37. The number of nitrogens with zero attached hydrogens (tertiary/aromatic N) is 3. The summed E-state index contributed by atoms with van der Waals surface area (Å²) in [6, 6.07) is 1.81. The topological polar surface area (TPSA) is 29.0 Å². The Balaban J connectivity index is 1.59. The maximum atomic E-state index is 6.00. The first-order valence-electron chi connectivity index (χ1n) is 7.38. The Morgan fingerprint density at radius 2 is 1.84 bits per heavy atom. The van der Waals surface area contributed by atoms with E-state index in [-0.39, 0.29) is 0 Å².